The third-order valence-corrected chi connectivity index (χ3v) is 3.92. The Kier molecular flexibility index (Phi) is 4.20. The van der Waals surface area contributed by atoms with Crippen molar-refractivity contribution in [2.75, 3.05) is 13.1 Å². The first-order valence-corrected chi connectivity index (χ1v) is 8.01. The Morgan fingerprint density at radius 3 is 3.04 bits per heavy atom. The number of piperidine rings is 1. The van der Waals surface area contributed by atoms with E-state index in [1.807, 2.05) is 35.0 Å². The molecule has 8 heteroatoms. The predicted octanol–water partition coefficient (Wildman–Crippen LogP) is 1.83. The van der Waals surface area contributed by atoms with Gasteiger partial charge in [0.15, 0.2) is 6.61 Å². The van der Waals surface area contributed by atoms with Crippen molar-refractivity contribution in [3.05, 3.63) is 42.5 Å². The average Bonchev–Trinajstić information content (AvgIpc) is 3.31. The van der Waals surface area contributed by atoms with Crippen molar-refractivity contribution >= 4 is 0 Å². The molecule has 8 nitrogen and oxygen atoms in total. The van der Waals surface area contributed by atoms with E-state index in [4.69, 9.17) is 9.26 Å². The van der Waals surface area contributed by atoms with Crippen molar-refractivity contribution in [2.24, 2.45) is 0 Å². The van der Waals surface area contributed by atoms with Gasteiger partial charge in [-0.15, -0.1) is 5.10 Å². The molecule has 0 bridgehead atoms. The molecule has 124 valence electrons. The summed E-state index contributed by atoms with van der Waals surface area (Å²) in [5, 5.41) is 11.7. The fourth-order valence-corrected chi connectivity index (χ4v) is 2.68. The molecule has 1 N–H and O–H groups in total. The minimum absolute atomic E-state index is 0.237. The molecule has 3 aromatic rings. The summed E-state index contributed by atoms with van der Waals surface area (Å²) in [6.07, 6.45) is 3.95. The molecule has 1 atom stereocenters. The quantitative estimate of drug-likeness (QED) is 0.765. The number of nitrogens with zero attached hydrogens (tertiary/aromatic N) is 5. The molecule has 1 fully saturated rings. The first-order valence-electron chi connectivity index (χ1n) is 8.01. The molecule has 0 amide bonds. The van der Waals surface area contributed by atoms with E-state index in [-0.39, 0.29) is 6.61 Å². The maximum Gasteiger partial charge on any atom is 0.297 e. The van der Waals surface area contributed by atoms with Crippen LogP contribution in [0, 0.1) is 0 Å². The molecule has 0 saturated carbocycles. The minimum atomic E-state index is 0.237. The Morgan fingerprint density at radius 1 is 1.29 bits per heavy atom. The Balaban J connectivity index is 1.42. The lowest BCUT2D eigenvalue weighted by Crippen LogP contribution is -2.31. The van der Waals surface area contributed by atoms with Crippen LogP contribution in [0.3, 0.4) is 0 Å². The largest absolute Gasteiger partial charge is 0.485 e. The molecular weight excluding hydrogens is 308 g/mol. The average molecular weight is 326 g/mol. The predicted molar refractivity (Wildman–Crippen MR) is 85.2 cm³/mol. The SMILES string of the molecule is c1ccc(OCc2noc(-c3ncn(C4CCCNC4)n3)n2)cc1. The van der Waals surface area contributed by atoms with Crippen LogP contribution >= 0.6 is 0 Å². The van der Waals surface area contributed by atoms with Gasteiger partial charge in [0.25, 0.3) is 5.89 Å². The molecule has 1 saturated heterocycles. The standard InChI is InChI=1S/C16H18N6O2/c1-2-6-13(7-3-1)23-10-14-19-16(24-21-14)15-18-11-22(20-15)12-5-4-8-17-9-12/h1-3,6-7,11-12,17H,4-5,8-10H2. The van der Waals surface area contributed by atoms with Crippen molar-refractivity contribution in [2.45, 2.75) is 25.5 Å². The van der Waals surface area contributed by atoms with Gasteiger partial charge >= 0.3 is 0 Å². The van der Waals surface area contributed by atoms with Gasteiger partial charge in [-0.1, -0.05) is 23.4 Å². The molecule has 1 aromatic carbocycles. The van der Waals surface area contributed by atoms with Gasteiger partial charge in [0.1, 0.15) is 12.1 Å². The number of ether oxygens (including phenoxy) is 1. The molecule has 1 aliphatic heterocycles. The van der Waals surface area contributed by atoms with E-state index < -0.39 is 0 Å². The van der Waals surface area contributed by atoms with Gasteiger partial charge < -0.3 is 14.6 Å². The van der Waals surface area contributed by atoms with Crippen molar-refractivity contribution < 1.29 is 9.26 Å². The summed E-state index contributed by atoms with van der Waals surface area (Å²) in [6.45, 7) is 2.20. The highest BCUT2D eigenvalue weighted by Crippen LogP contribution is 2.18. The summed E-state index contributed by atoms with van der Waals surface area (Å²) in [5.41, 5.74) is 0. The van der Waals surface area contributed by atoms with Crippen LogP contribution in [-0.4, -0.2) is 38.0 Å². The van der Waals surface area contributed by atoms with Crippen molar-refractivity contribution in [3.8, 4) is 17.5 Å². The lowest BCUT2D eigenvalue weighted by molar-refractivity contribution is 0.287. The lowest BCUT2D eigenvalue weighted by atomic mass is 10.1. The van der Waals surface area contributed by atoms with Crippen molar-refractivity contribution in [1.82, 2.24) is 30.2 Å². The number of nitrogens with one attached hydrogen (secondary N) is 1. The third kappa shape index (κ3) is 3.28. The van der Waals surface area contributed by atoms with Gasteiger partial charge in [0.2, 0.25) is 11.6 Å². The number of benzene rings is 1. The number of hydrogen-bond acceptors (Lipinski definition) is 7. The van der Waals surface area contributed by atoms with Crippen LogP contribution in [0.25, 0.3) is 11.7 Å². The second-order valence-electron chi connectivity index (χ2n) is 5.67. The van der Waals surface area contributed by atoms with Gasteiger partial charge in [-0.2, -0.15) is 4.98 Å². The summed E-state index contributed by atoms with van der Waals surface area (Å²) in [5.74, 6) is 1.98. The molecule has 1 aliphatic rings. The smallest absolute Gasteiger partial charge is 0.297 e. The molecule has 1 unspecified atom stereocenters. The Bertz CT molecular complexity index is 779. The zero-order valence-electron chi connectivity index (χ0n) is 13.1. The highest BCUT2D eigenvalue weighted by atomic mass is 16.5. The highest BCUT2D eigenvalue weighted by molar-refractivity contribution is 5.37. The molecule has 4 rings (SSSR count). The minimum Gasteiger partial charge on any atom is -0.485 e. The van der Waals surface area contributed by atoms with Gasteiger partial charge in [0.05, 0.1) is 6.04 Å². The molecule has 0 aliphatic carbocycles. The lowest BCUT2D eigenvalue weighted by Gasteiger charge is -2.22. The Morgan fingerprint density at radius 2 is 2.21 bits per heavy atom. The topological polar surface area (TPSA) is 90.9 Å². The van der Waals surface area contributed by atoms with E-state index in [1.54, 1.807) is 6.33 Å². The van der Waals surface area contributed by atoms with Crippen molar-refractivity contribution in [3.63, 3.8) is 0 Å². The fourth-order valence-electron chi connectivity index (χ4n) is 2.68. The summed E-state index contributed by atoms with van der Waals surface area (Å²) in [7, 11) is 0. The Hall–Kier alpha value is -2.74. The summed E-state index contributed by atoms with van der Waals surface area (Å²) < 4.78 is 12.7. The first kappa shape index (κ1) is 14.8. The molecular formula is C16H18N6O2. The number of para-hydroxylation sites is 1. The molecule has 24 heavy (non-hydrogen) atoms. The van der Waals surface area contributed by atoms with Gasteiger partial charge in [-0.05, 0) is 31.5 Å². The normalized spacial score (nSPS) is 17.8. The van der Waals surface area contributed by atoms with Gasteiger partial charge in [0, 0.05) is 6.54 Å². The van der Waals surface area contributed by atoms with Crippen LogP contribution in [0.15, 0.2) is 41.2 Å². The molecule has 2 aromatic heterocycles. The van der Waals surface area contributed by atoms with Crippen LogP contribution in [0.4, 0.5) is 0 Å². The maximum atomic E-state index is 5.60. The monoisotopic (exact) mass is 326 g/mol. The second-order valence-corrected chi connectivity index (χ2v) is 5.67. The zero-order valence-corrected chi connectivity index (χ0v) is 13.1. The van der Waals surface area contributed by atoms with Crippen LogP contribution in [0.2, 0.25) is 0 Å². The van der Waals surface area contributed by atoms with Crippen LogP contribution < -0.4 is 10.1 Å². The van der Waals surface area contributed by atoms with E-state index in [2.05, 4.69) is 25.5 Å². The van der Waals surface area contributed by atoms with E-state index in [1.165, 1.54) is 0 Å². The van der Waals surface area contributed by atoms with Gasteiger partial charge in [-0.25, -0.2) is 9.67 Å². The van der Waals surface area contributed by atoms with E-state index >= 15 is 0 Å². The van der Waals surface area contributed by atoms with Gasteiger partial charge in [-0.3, -0.25) is 0 Å². The molecule has 0 spiro atoms. The second kappa shape index (κ2) is 6.79. The fraction of sp³-hybridized carbons (Fsp3) is 0.375. The first-order chi connectivity index (χ1) is 11.9. The van der Waals surface area contributed by atoms with Crippen LogP contribution in [-0.2, 0) is 6.61 Å². The zero-order chi connectivity index (χ0) is 16.2. The van der Waals surface area contributed by atoms with E-state index in [0.717, 1.165) is 31.7 Å². The summed E-state index contributed by atoms with van der Waals surface area (Å²) >= 11 is 0. The maximum absolute atomic E-state index is 5.60. The molecule has 3 heterocycles. The number of rotatable bonds is 5. The van der Waals surface area contributed by atoms with E-state index in [0.29, 0.717) is 23.6 Å². The number of aromatic nitrogens is 5. The van der Waals surface area contributed by atoms with Crippen molar-refractivity contribution in [1.29, 1.82) is 0 Å². The summed E-state index contributed by atoms with van der Waals surface area (Å²) in [6, 6.07) is 9.83. The summed E-state index contributed by atoms with van der Waals surface area (Å²) in [4.78, 5) is 8.58. The van der Waals surface area contributed by atoms with E-state index in [9.17, 15) is 0 Å². The number of hydrogen-bond donors (Lipinski definition) is 1. The van der Waals surface area contributed by atoms with Crippen LogP contribution in [0.1, 0.15) is 24.7 Å². The third-order valence-electron chi connectivity index (χ3n) is 3.92. The Labute approximate surface area is 138 Å². The van der Waals surface area contributed by atoms with Crippen LogP contribution in [0.5, 0.6) is 5.75 Å². The highest BCUT2D eigenvalue weighted by Gasteiger charge is 2.19. The molecule has 0 radical (unpaired) electrons.